The molecule has 0 aliphatic rings. The van der Waals surface area contributed by atoms with Gasteiger partial charge in [0.2, 0.25) is 0 Å². The fraction of sp³-hybridized carbons (Fsp3) is 0. The van der Waals surface area contributed by atoms with Crippen molar-refractivity contribution in [1.29, 1.82) is 10.5 Å². The van der Waals surface area contributed by atoms with Crippen LogP contribution >= 0.6 is 0 Å². The van der Waals surface area contributed by atoms with E-state index < -0.39 is 0 Å². The van der Waals surface area contributed by atoms with Crippen LogP contribution in [0.1, 0.15) is 11.1 Å². The summed E-state index contributed by atoms with van der Waals surface area (Å²) in [5.74, 6) is 3.05. The second kappa shape index (κ2) is 16.4. The predicted molar refractivity (Wildman–Crippen MR) is 253 cm³/mol. The smallest absolute Gasteiger partial charge is 0.166 e. The fourth-order valence-electron chi connectivity index (χ4n) is 8.18. The molecule has 0 saturated heterocycles. The lowest BCUT2D eigenvalue weighted by Crippen LogP contribution is -2.04. The van der Waals surface area contributed by atoms with Crippen molar-refractivity contribution in [2.75, 3.05) is 0 Å². The van der Waals surface area contributed by atoms with E-state index in [1.54, 1.807) is 12.4 Å². The van der Waals surface area contributed by atoms with Crippen LogP contribution in [0.3, 0.4) is 0 Å². The Morgan fingerprint density at radius 1 is 0.354 bits per heavy atom. The van der Waals surface area contributed by atoms with Crippen LogP contribution in [0.15, 0.2) is 194 Å². The Morgan fingerprint density at radius 3 is 1.20 bits per heavy atom. The number of pyridine rings is 1. The van der Waals surface area contributed by atoms with Crippen molar-refractivity contribution < 1.29 is 0 Å². The Balaban J connectivity index is 1.20. The molecule has 10 heteroatoms. The van der Waals surface area contributed by atoms with E-state index >= 15 is 0 Å². The average Bonchev–Trinajstić information content (AvgIpc) is 3.71. The lowest BCUT2D eigenvalue weighted by Gasteiger charge is -2.18. The van der Waals surface area contributed by atoms with E-state index in [4.69, 9.17) is 29.9 Å². The number of benzene rings is 7. The summed E-state index contributed by atoms with van der Waals surface area (Å²) in [5.41, 5.74) is 9.98. The van der Waals surface area contributed by atoms with Gasteiger partial charge in [-0.3, -0.25) is 4.98 Å². The minimum atomic E-state index is 0.439. The van der Waals surface area contributed by atoms with Crippen LogP contribution < -0.4 is 0 Å². The first-order valence-corrected chi connectivity index (χ1v) is 20.8. The Labute approximate surface area is 373 Å². The molecule has 0 fully saturated rings. The van der Waals surface area contributed by atoms with Crippen molar-refractivity contribution in [1.82, 2.24) is 39.5 Å². The molecule has 0 bridgehead atoms. The number of fused-ring (bicyclic) bond motifs is 3. The number of rotatable bonds is 8. The molecule has 11 aromatic rings. The van der Waals surface area contributed by atoms with Crippen molar-refractivity contribution in [3.8, 4) is 97.3 Å². The first kappa shape index (κ1) is 38.4. The lowest BCUT2D eigenvalue weighted by molar-refractivity contribution is 1.07. The van der Waals surface area contributed by atoms with Crippen LogP contribution in [0.2, 0.25) is 0 Å². The molecule has 0 aliphatic heterocycles. The standard InChI is InChI=1S/C55H32N10/c56-32-35-21-24-47-43(29-35)44-30-36(33-57)22-25-48(44)65(47)49-26-23-41(54-61-50(37-13-5-1-6-14-37)59-51(62-54)38-15-7-2-8-16-38)31-45(49)42-27-28-58-34-46(42)55-63-52(39-17-9-3-10-18-39)60-53(64-55)40-19-11-4-12-20-40/h1-31,34H. The predicted octanol–water partition coefficient (Wildman–Crippen LogP) is 12.0. The summed E-state index contributed by atoms with van der Waals surface area (Å²) in [5, 5.41) is 21.7. The third-order valence-electron chi connectivity index (χ3n) is 11.3. The summed E-state index contributed by atoms with van der Waals surface area (Å²) in [4.78, 5) is 35.0. The van der Waals surface area contributed by atoms with Gasteiger partial charge in [-0.2, -0.15) is 10.5 Å². The Kier molecular flexibility index (Phi) is 9.69. The maximum absolute atomic E-state index is 9.99. The number of aromatic nitrogens is 8. The highest BCUT2D eigenvalue weighted by Crippen LogP contribution is 2.41. The molecule has 0 saturated carbocycles. The molecule has 65 heavy (non-hydrogen) atoms. The van der Waals surface area contributed by atoms with Crippen molar-refractivity contribution in [2.45, 2.75) is 0 Å². The molecule has 302 valence electrons. The maximum atomic E-state index is 9.99. The second-order valence-electron chi connectivity index (χ2n) is 15.3. The maximum Gasteiger partial charge on any atom is 0.166 e. The zero-order valence-electron chi connectivity index (χ0n) is 34.4. The first-order valence-electron chi connectivity index (χ1n) is 20.8. The van der Waals surface area contributed by atoms with Crippen LogP contribution in [0.4, 0.5) is 0 Å². The van der Waals surface area contributed by atoms with Gasteiger partial charge >= 0.3 is 0 Å². The van der Waals surface area contributed by atoms with E-state index in [-0.39, 0.29) is 0 Å². The summed E-state index contributed by atoms with van der Waals surface area (Å²) in [6.45, 7) is 0. The molecular formula is C55H32N10. The van der Waals surface area contributed by atoms with Crippen LogP contribution in [-0.2, 0) is 0 Å². The summed E-state index contributed by atoms with van der Waals surface area (Å²) >= 11 is 0. The van der Waals surface area contributed by atoms with Crippen molar-refractivity contribution in [2.24, 2.45) is 0 Å². The van der Waals surface area contributed by atoms with Gasteiger partial charge in [-0.1, -0.05) is 121 Å². The second-order valence-corrected chi connectivity index (χ2v) is 15.3. The fourth-order valence-corrected chi connectivity index (χ4v) is 8.18. The van der Waals surface area contributed by atoms with E-state index in [9.17, 15) is 10.5 Å². The van der Waals surface area contributed by atoms with E-state index in [1.165, 1.54) is 0 Å². The molecule has 0 atom stereocenters. The Morgan fingerprint density at radius 2 is 0.769 bits per heavy atom. The Hall–Kier alpha value is -9.51. The minimum Gasteiger partial charge on any atom is -0.309 e. The normalized spacial score (nSPS) is 11.0. The summed E-state index contributed by atoms with van der Waals surface area (Å²) in [7, 11) is 0. The third-order valence-corrected chi connectivity index (χ3v) is 11.3. The van der Waals surface area contributed by atoms with E-state index in [0.717, 1.165) is 66.4 Å². The molecule has 10 nitrogen and oxygen atoms in total. The van der Waals surface area contributed by atoms with Crippen molar-refractivity contribution in [3.05, 3.63) is 206 Å². The number of hydrogen-bond acceptors (Lipinski definition) is 9. The molecule has 4 aromatic heterocycles. The number of nitriles is 2. The average molecular weight is 833 g/mol. The lowest BCUT2D eigenvalue weighted by atomic mass is 9.96. The van der Waals surface area contributed by atoms with Crippen LogP contribution in [0, 0.1) is 22.7 Å². The van der Waals surface area contributed by atoms with Gasteiger partial charge in [-0.25, -0.2) is 29.9 Å². The van der Waals surface area contributed by atoms with Gasteiger partial charge in [-0.05, 0) is 66.2 Å². The number of nitrogens with zero attached hydrogens (tertiary/aromatic N) is 10. The van der Waals surface area contributed by atoms with E-state index in [0.29, 0.717) is 51.6 Å². The topological polar surface area (TPSA) is 143 Å². The quantitative estimate of drug-likeness (QED) is 0.146. The first-order chi connectivity index (χ1) is 32.1. The molecule has 0 radical (unpaired) electrons. The van der Waals surface area contributed by atoms with Gasteiger partial charge in [0, 0.05) is 62.1 Å². The molecule has 4 heterocycles. The van der Waals surface area contributed by atoms with Gasteiger partial charge in [0.15, 0.2) is 34.9 Å². The summed E-state index contributed by atoms with van der Waals surface area (Å²) in [6.07, 6.45) is 3.56. The molecular weight excluding hydrogens is 801 g/mol. The monoisotopic (exact) mass is 832 g/mol. The molecule has 0 spiro atoms. The molecule has 0 aliphatic carbocycles. The molecule has 11 rings (SSSR count). The van der Waals surface area contributed by atoms with Gasteiger partial charge in [-0.15, -0.1) is 0 Å². The van der Waals surface area contributed by atoms with Gasteiger partial charge in [0.1, 0.15) is 0 Å². The zero-order valence-corrected chi connectivity index (χ0v) is 34.4. The summed E-state index contributed by atoms with van der Waals surface area (Å²) in [6, 6.07) is 63.6. The highest BCUT2D eigenvalue weighted by atomic mass is 15.0. The van der Waals surface area contributed by atoms with Crippen LogP contribution in [0.25, 0.3) is 107 Å². The molecule has 0 amide bonds. The van der Waals surface area contributed by atoms with Gasteiger partial charge in [0.05, 0.1) is 40.0 Å². The summed E-state index contributed by atoms with van der Waals surface area (Å²) < 4.78 is 2.17. The highest BCUT2D eigenvalue weighted by Gasteiger charge is 2.23. The molecule has 7 aromatic carbocycles. The van der Waals surface area contributed by atoms with Crippen LogP contribution in [-0.4, -0.2) is 39.5 Å². The minimum absolute atomic E-state index is 0.439. The Bertz CT molecular complexity index is 3480. The molecule has 0 unspecified atom stereocenters. The van der Waals surface area contributed by atoms with Gasteiger partial charge < -0.3 is 4.57 Å². The van der Waals surface area contributed by atoms with E-state index in [1.807, 2.05) is 170 Å². The van der Waals surface area contributed by atoms with Crippen molar-refractivity contribution in [3.63, 3.8) is 0 Å². The number of hydrogen-bond donors (Lipinski definition) is 0. The molecule has 0 N–H and O–H groups in total. The highest BCUT2D eigenvalue weighted by molar-refractivity contribution is 6.11. The van der Waals surface area contributed by atoms with Gasteiger partial charge in [0.25, 0.3) is 0 Å². The zero-order chi connectivity index (χ0) is 43.7. The van der Waals surface area contributed by atoms with Crippen molar-refractivity contribution >= 4 is 21.8 Å². The van der Waals surface area contributed by atoms with E-state index in [2.05, 4.69) is 33.8 Å². The SMILES string of the molecule is N#Cc1ccc2c(c1)c1cc(C#N)ccc1n2-c1ccc(-c2nc(-c3ccccc3)nc(-c3ccccc3)n2)cc1-c1ccncc1-c1nc(-c2ccccc2)nc(-c2ccccc2)n1. The van der Waals surface area contributed by atoms with Crippen LogP contribution in [0.5, 0.6) is 0 Å². The third kappa shape index (κ3) is 7.19. The largest absolute Gasteiger partial charge is 0.309 e.